The van der Waals surface area contributed by atoms with Crippen molar-refractivity contribution >= 4 is 22.9 Å². The largest absolute Gasteiger partial charge is 0.302 e. The van der Waals surface area contributed by atoms with Crippen molar-refractivity contribution in [3.63, 3.8) is 0 Å². The average Bonchev–Trinajstić information content (AvgIpc) is 2.85. The van der Waals surface area contributed by atoms with E-state index in [1.165, 1.54) is 29.0 Å². The van der Waals surface area contributed by atoms with E-state index < -0.39 is 0 Å². The monoisotopic (exact) mass is 306 g/mol. The first-order chi connectivity index (χ1) is 9.85. The molecular weight excluding hydrogens is 288 g/mol. The van der Waals surface area contributed by atoms with Crippen LogP contribution in [0.5, 0.6) is 0 Å². The third-order valence-electron chi connectivity index (χ3n) is 3.89. The van der Waals surface area contributed by atoms with Gasteiger partial charge >= 0.3 is 0 Å². The van der Waals surface area contributed by atoms with Crippen LogP contribution in [0.2, 0.25) is 0 Å². The van der Waals surface area contributed by atoms with Crippen LogP contribution in [0.25, 0.3) is 0 Å². The van der Waals surface area contributed by atoms with Gasteiger partial charge in [0, 0.05) is 31.4 Å². The van der Waals surface area contributed by atoms with Gasteiger partial charge in [0.2, 0.25) is 0 Å². The lowest BCUT2D eigenvalue weighted by Gasteiger charge is -2.18. The molecule has 1 aromatic heterocycles. The fourth-order valence-corrected chi connectivity index (χ4v) is 3.73. The lowest BCUT2D eigenvalue weighted by molar-refractivity contribution is 0.291. The summed E-state index contributed by atoms with van der Waals surface area (Å²) in [6, 6.07) is 8.84. The Balaban J connectivity index is 1.55. The SMILES string of the molecule is ClCc1csc(CCN2CCc3ccccc3CC2)n1. The van der Waals surface area contributed by atoms with E-state index in [1.54, 1.807) is 11.3 Å². The van der Waals surface area contributed by atoms with Gasteiger partial charge in [0.25, 0.3) is 0 Å². The first-order valence-electron chi connectivity index (χ1n) is 7.13. The number of nitrogens with zero attached hydrogens (tertiary/aromatic N) is 2. The maximum atomic E-state index is 5.80. The molecule has 0 N–H and O–H groups in total. The topological polar surface area (TPSA) is 16.1 Å². The van der Waals surface area contributed by atoms with Crippen molar-refractivity contribution < 1.29 is 0 Å². The van der Waals surface area contributed by atoms with Gasteiger partial charge in [-0.1, -0.05) is 24.3 Å². The molecule has 0 unspecified atom stereocenters. The van der Waals surface area contributed by atoms with Crippen LogP contribution in [0, 0.1) is 0 Å². The highest BCUT2D eigenvalue weighted by molar-refractivity contribution is 7.09. The van der Waals surface area contributed by atoms with Crippen molar-refractivity contribution in [2.24, 2.45) is 0 Å². The molecule has 2 nitrogen and oxygen atoms in total. The summed E-state index contributed by atoms with van der Waals surface area (Å²) >= 11 is 7.53. The van der Waals surface area contributed by atoms with Crippen molar-refractivity contribution in [2.45, 2.75) is 25.1 Å². The Morgan fingerprint density at radius 2 is 1.85 bits per heavy atom. The van der Waals surface area contributed by atoms with Crippen LogP contribution >= 0.6 is 22.9 Å². The van der Waals surface area contributed by atoms with Crippen molar-refractivity contribution in [3.05, 3.63) is 51.5 Å². The molecule has 0 radical (unpaired) electrons. The minimum Gasteiger partial charge on any atom is -0.302 e. The van der Waals surface area contributed by atoms with Crippen molar-refractivity contribution in [2.75, 3.05) is 19.6 Å². The fourth-order valence-electron chi connectivity index (χ4n) is 2.72. The van der Waals surface area contributed by atoms with Gasteiger partial charge in [-0.05, 0) is 24.0 Å². The minimum atomic E-state index is 0.523. The van der Waals surface area contributed by atoms with E-state index in [-0.39, 0.29) is 0 Å². The Bertz CT molecular complexity index is 540. The molecule has 1 aliphatic heterocycles. The maximum Gasteiger partial charge on any atom is 0.0941 e. The molecule has 106 valence electrons. The third-order valence-corrected chi connectivity index (χ3v) is 5.12. The number of fused-ring (bicyclic) bond motifs is 1. The summed E-state index contributed by atoms with van der Waals surface area (Å²) in [5.41, 5.74) is 4.05. The van der Waals surface area contributed by atoms with Gasteiger partial charge in [-0.3, -0.25) is 0 Å². The molecule has 0 bridgehead atoms. The molecule has 3 rings (SSSR count). The van der Waals surface area contributed by atoms with E-state index >= 15 is 0 Å². The van der Waals surface area contributed by atoms with E-state index in [1.807, 2.05) is 0 Å². The minimum absolute atomic E-state index is 0.523. The first kappa shape index (κ1) is 14.1. The van der Waals surface area contributed by atoms with Crippen molar-refractivity contribution in [1.29, 1.82) is 0 Å². The molecule has 0 fully saturated rings. The fraction of sp³-hybridized carbons (Fsp3) is 0.438. The maximum absolute atomic E-state index is 5.80. The van der Waals surface area contributed by atoms with Crippen LogP contribution in [0.1, 0.15) is 21.8 Å². The number of hydrogen-bond donors (Lipinski definition) is 0. The van der Waals surface area contributed by atoms with Crippen LogP contribution in [0.4, 0.5) is 0 Å². The summed E-state index contributed by atoms with van der Waals surface area (Å²) in [6.07, 6.45) is 3.37. The highest BCUT2D eigenvalue weighted by atomic mass is 35.5. The van der Waals surface area contributed by atoms with Crippen molar-refractivity contribution in [3.8, 4) is 0 Å². The molecule has 0 aliphatic carbocycles. The Kier molecular flexibility index (Phi) is 4.71. The standard InChI is InChI=1S/C16H19ClN2S/c17-11-15-12-20-16(18-15)7-10-19-8-5-13-3-1-2-4-14(13)6-9-19/h1-4,12H,5-11H2. The molecule has 0 saturated carbocycles. The molecule has 1 aliphatic rings. The average molecular weight is 307 g/mol. The number of hydrogen-bond acceptors (Lipinski definition) is 3. The molecule has 0 saturated heterocycles. The molecule has 0 amide bonds. The smallest absolute Gasteiger partial charge is 0.0941 e. The number of thiazole rings is 1. The lowest BCUT2D eigenvalue weighted by atomic mass is 10.0. The second kappa shape index (κ2) is 6.70. The van der Waals surface area contributed by atoms with Gasteiger partial charge in [-0.2, -0.15) is 0 Å². The van der Waals surface area contributed by atoms with Crippen LogP contribution in [-0.2, 0) is 25.1 Å². The summed E-state index contributed by atoms with van der Waals surface area (Å²) < 4.78 is 0. The molecule has 20 heavy (non-hydrogen) atoms. The van der Waals surface area contributed by atoms with Crippen LogP contribution < -0.4 is 0 Å². The Labute approximate surface area is 129 Å². The van der Waals surface area contributed by atoms with E-state index in [4.69, 9.17) is 11.6 Å². The second-order valence-electron chi connectivity index (χ2n) is 5.23. The normalized spacial score (nSPS) is 15.8. The number of alkyl halides is 1. The van der Waals surface area contributed by atoms with Gasteiger partial charge in [-0.15, -0.1) is 22.9 Å². The van der Waals surface area contributed by atoms with Gasteiger partial charge in [0.05, 0.1) is 16.6 Å². The highest BCUT2D eigenvalue weighted by Crippen LogP contribution is 2.17. The van der Waals surface area contributed by atoms with E-state index in [9.17, 15) is 0 Å². The summed E-state index contributed by atoms with van der Waals surface area (Å²) in [7, 11) is 0. The highest BCUT2D eigenvalue weighted by Gasteiger charge is 2.13. The first-order valence-corrected chi connectivity index (χ1v) is 8.55. The number of rotatable bonds is 4. The quantitative estimate of drug-likeness (QED) is 0.803. The number of halogens is 1. The predicted octanol–water partition coefficient (Wildman–Crippen LogP) is 3.53. The zero-order valence-corrected chi connectivity index (χ0v) is 13.1. The zero-order valence-electron chi connectivity index (χ0n) is 11.5. The zero-order chi connectivity index (χ0) is 13.8. The van der Waals surface area contributed by atoms with E-state index in [0.29, 0.717) is 5.88 Å². The Hall–Kier alpha value is -0.900. The second-order valence-corrected chi connectivity index (χ2v) is 6.44. The molecule has 0 spiro atoms. The summed E-state index contributed by atoms with van der Waals surface area (Å²) in [5.74, 6) is 0.523. The van der Waals surface area contributed by atoms with Gasteiger partial charge in [0.15, 0.2) is 0 Å². The molecule has 4 heteroatoms. The number of aromatic nitrogens is 1. The molecule has 1 aromatic carbocycles. The predicted molar refractivity (Wildman–Crippen MR) is 85.7 cm³/mol. The third kappa shape index (κ3) is 3.40. The molecular formula is C16H19ClN2S. The summed E-state index contributed by atoms with van der Waals surface area (Å²) in [4.78, 5) is 7.09. The van der Waals surface area contributed by atoms with Crippen LogP contribution in [0.3, 0.4) is 0 Å². The molecule has 0 atom stereocenters. The molecule has 2 aromatic rings. The summed E-state index contributed by atoms with van der Waals surface area (Å²) in [5, 5.41) is 3.28. The Morgan fingerprint density at radius 3 is 2.45 bits per heavy atom. The summed E-state index contributed by atoms with van der Waals surface area (Å²) in [6.45, 7) is 3.42. The van der Waals surface area contributed by atoms with Gasteiger partial charge < -0.3 is 4.90 Å². The number of benzene rings is 1. The Morgan fingerprint density at radius 1 is 1.15 bits per heavy atom. The van der Waals surface area contributed by atoms with Crippen molar-refractivity contribution in [1.82, 2.24) is 9.88 Å². The van der Waals surface area contributed by atoms with Crippen LogP contribution in [-0.4, -0.2) is 29.5 Å². The van der Waals surface area contributed by atoms with Gasteiger partial charge in [0.1, 0.15) is 0 Å². The lowest BCUT2D eigenvalue weighted by Crippen LogP contribution is -2.28. The van der Waals surface area contributed by atoms with E-state index in [2.05, 4.69) is 39.5 Å². The van der Waals surface area contributed by atoms with Gasteiger partial charge in [-0.25, -0.2) is 4.98 Å². The van der Waals surface area contributed by atoms with E-state index in [0.717, 1.165) is 31.7 Å². The molecule has 2 heterocycles. The van der Waals surface area contributed by atoms with Crippen LogP contribution in [0.15, 0.2) is 29.6 Å².